The number of phenols is 2. The molecule has 0 bridgehead atoms. The highest BCUT2D eigenvalue weighted by Gasteiger charge is 2.32. The van der Waals surface area contributed by atoms with Gasteiger partial charge in [-0.05, 0) is 47.3 Å². The zero-order valence-electron chi connectivity index (χ0n) is 12.9. The molecule has 0 aliphatic carbocycles. The predicted molar refractivity (Wildman–Crippen MR) is 93.7 cm³/mol. The molecule has 0 fully saturated rings. The Bertz CT molecular complexity index is 1220. The Hall–Kier alpha value is -3.00. The summed E-state index contributed by atoms with van der Waals surface area (Å²) in [5.74, 6) is -0.826. The van der Waals surface area contributed by atoms with Gasteiger partial charge in [0.1, 0.15) is 16.2 Å². The summed E-state index contributed by atoms with van der Waals surface area (Å²) in [6.07, 6.45) is -4.65. The fourth-order valence-corrected chi connectivity index (χ4v) is 3.84. The van der Waals surface area contributed by atoms with Gasteiger partial charge in [0.05, 0.1) is 5.56 Å². The molecule has 132 valence electrons. The molecule has 4 nitrogen and oxygen atoms in total. The van der Waals surface area contributed by atoms with E-state index in [2.05, 4.69) is 4.98 Å². The highest BCUT2D eigenvalue weighted by Crippen LogP contribution is 2.42. The summed E-state index contributed by atoms with van der Waals surface area (Å²) < 4.78 is 39.7. The standard InChI is InChI=1S/C18H10F3NO3S/c19-18(20,21)9-5-8(6-10(23)7-9)14-13(24)2-1-12-15(14)11-3-4-26-16(11)17(25)22-12/h1-7,23-24H,(H,22,25). The van der Waals surface area contributed by atoms with E-state index in [0.717, 1.165) is 12.1 Å². The molecule has 4 rings (SSSR count). The summed E-state index contributed by atoms with van der Waals surface area (Å²) in [7, 11) is 0. The molecule has 0 saturated heterocycles. The maximum absolute atomic E-state index is 13.1. The lowest BCUT2D eigenvalue weighted by Gasteiger charge is -2.14. The number of rotatable bonds is 1. The Morgan fingerprint density at radius 3 is 2.54 bits per heavy atom. The van der Waals surface area contributed by atoms with E-state index in [1.54, 1.807) is 11.4 Å². The van der Waals surface area contributed by atoms with E-state index in [4.69, 9.17) is 0 Å². The van der Waals surface area contributed by atoms with E-state index in [9.17, 15) is 28.2 Å². The van der Waals surface area contributed by atoms with E-state index >= 15 is 0 Å². The molecule has 3 N–H and O–H groups in total. The third-order valence-corrected chi connectivity index (χ3v) is 5.02. The topological polar surface area (TPSA) is 73.3 Å². The summed E-state index contributed by atoms with van der Waals surface area (Å²) in [6, 6.07) is 7.08. The molecule has 2 aromatic heterocycles. The number of aromatic nitrogens is 1. The molecule has 2 aromatic carbocycles. The average Bonchev–Trinajstić information content (AvgIpc) is 3.04. The molecule has 0 radical (unpaired) electrons. The van der Waals surface area contributed by atoms with Crippen molar-refractivity contribution in [2.45, 2.75) is 6.18 Å². The van der Waals surface area contributed by atoms with Gasteiger partial charge >= 0.3 is 6.18 Å². The molecule has 0 saturated carbocycles. The second-order valence-corrected chi connectivity index (χ2v) is 6.68. The number of H-pyrrole nitrogens is 1. The highest BCUT2D eigenvalue weighted by molar-refractivity contribution is 7.17. The SMILES string of the molecule is O=c1[nH]c2ccc(O)c(-c3cc(O)cc(C(F)(F)F)c3)c2c2ccsc12. The summed E-state index contributed by atoms with van der Waals surface area (Å²) in [5.41, 5.74) is -0.852. The van der Waals surface area contributed by atoms with Crippen molar-refractivity contribution >= 4 is 32.3 Å². The van der Waals surface area contributed by atoms with Crippen LogP contribution in [0.4, 0.5) is 13.2 Å². The van der Waals surface area contributed by atoms with Crippen molar-refractivity contribution in [1.29, 1.82) is 0 Å². The van der Waals surface area contributed by atoms with Gasteiger partial charge in [-0.15, -0.1) is 11.3 Å². The van der Waals surface area contributed by atoms with Crippen LogP contribution in [0.2, 0.25) is 0 Å². The van der Waals surface area contributed by atoms with Crippen LogP contribution in [-0.4, -0.2) is 15.2 Å². The molecule has 8 heteroatoms. The smallest absolute Gasteiger partial charge is 0.416 e. The Morgan fingerprint density at radius 1 is 1.04 bits per heavy atom. The zero-order valence-corrected chi connectivity index (χ0v) is 13.7. The van der Waals surface area contributed by atoms with Crippen LogP contribution in [0.5, 0.6) is 11.5 Å². The summed E-state index contributed by atoms with van der Waals surface area (Å²) in [5, 5.41) is 22.8. The molecule has 26 heavy (non-hydrogen) atoms. The van der Waals surface area contributed by atoms with E-state index in [-0.39, 0.29) is 22.4 Å². The van der Waals surface area contributed by atoms with Gasteiger partial charge in [-0.1, -0.05) is 0 Å². The van der Waals surface area contributed by atoms with Crippen LogP contribution in [-0.2, 0) is 6.18 Å². The zero-order chi connectivity index (χ0) is 18.6. The second-order valence-electron chi connectivity index (χ2n) is 5.77. The monoisotopic (exact) mass is 377 g/mol. The quantitative estimate of drug-likeness (QED) is 0.444. The van der Waals surface area contributed by atoms with Crippen LogP contribution in [0.1, 0.15) is 5.56 Å². The first-order valence-corrected chi connectivity index (χ1v) is 8.30. The van der Waals surface area contributed by atoms with Gasteiger partial charge in [0.25, 0.3) is 5.56 Å². The third-order valence-electron chi connectivity index (χ3n) is 4.11. The molecular weight excluding hydrogens is 367 g/mol. The number of halogens is 3. The van der Waals surface area contributed by atoms with Crippen molar-refractivity contribution in [3.05, 3.63) is 57.7 Å². The van der Waals surface area contributed by atoms with Crippen LogP contribution < -0.4 is 5.56 Å². The Labute approximate surface area is 147 Å². The van der Waals surface area contributed by atoms with Crippen LogP contribution in [0, 0.1) is 0 Å². The van der Waals surface area contributed by atoms with Crippen molar-refractivity contribution in [2.75, 3.05) is 0 Å². The van der Waals surface area contributed by atoms with Crippen molar-refractivity contribution in [3.63, 3.8) is 0 Å². The molecule has 2 heterocycles. The molecule has 0 aliphatic rings. The number of aromatic amines is 1. The summed E-state index contributed by atoms with van der Waals surface area (Å²) >= 11 is 1.19. The number of fused-ring (bicyclic) bond motifs is 3. The van der Waals surface area contributed by atoms with Crippen molar-refractivity contribution in [2.24, 2.45) is 0 Å². The van der Waals surface area contributed by atoms with Crippen LogP contribution in [0.15, 0.2) is 46.6 Å². The number of hydrogen-bond acceptors (Lipinski definition) is 4. The number of aromatic hydroxyl groups is 2. The van der Waals surface area contributed by atoms with E-state index in [0.29, 0.717) is 27.1 Å². The molecule has 0 atom stereocenters. The minimum Gasteiger partial charge on any atom is -0.508 e. The van der Waals surface area contributed by atoms with E-state index < -0.39 is 17.5 Å². The molecule has 0 aliphatic heterocycles. The first-order chi connectivity index (χ1) is 12.3. The largest absolute Gasteiger partial charge is 0.508 e. The van der Waals surface area contributed by atoms with Gasteiger partial charge in [0.15, 0.2) is 0 Å². The molecular formula is C18H10F3NO3S. The van der Waals surface area contributed by atoms with Crippen LogP contribution in [0.3, 0.4) is 0 Å². The van der Waals surface area contributed by atoms with Gasteiger partial charge < -0.3 is 15.2 Å². The fraction of sp³-hybridized carbons (Fsp3) is 0.0556. The average molecular weight is 377 g/mol. The number of thiophene rings is 1. The number of phenolic OH excluding ortho intramolecular Hbond substituents is 2. The number of alkyl halides is 3. The number of hydrogen-bond donors (Lipinski definition) is 3. The number of benzene rings is 2. The van der Waals surface area contributed by atoms with E-state index in [1.807, 2.05) is 0 Å². The minimum absolute atomic E-state index is 0.0000241. The molecule has 0 amide bonds. The Kier molecular flexibility index (Phi) is 3.48. The van der Waals surface area contributed by atoms with Gasteiger partial charge in [0, 0.05) is 21.9 Å². The van der Waals surface area contributed by atoms with Crippen molar-refractivity contribution < 1.29 is 23.4 Å². The summed E-state index contributed by atoms with van der Waals surface area (Å²) in [4.78, 5) is 14.8. The first-order valence-electron chi connectivity index (χ1n) is 7.42. The van der Waals surface area contributed by atoms with Gasteiger partial charge in [-0.3, -0.25) is 4.79 Å². The van der Waals surface area contributed by atoms with Crippen molar-refractivity contribution in [1.82, 2.24) is 4.98 Å². The normalized spacial score (nSPS) is 12.1. The molecule has 0 unspecified atom stereocenters. The summed E-state index contributed by atoms with van der Waals surface area (Å²) in [6.45, 7) is 0. The molecule has 4 aromatic rings. The predicted octanol–water partition coefficient (Wildman–Crippen LogP) is 4.84. The molecule has 0 spiro atoms. The van der Waals surface area contributed by atoms with Gasteiger partial charge in [-0.25, -0.2) is 0 Å². The Morgan fingerprint density at radius 2 is 1.81 bits per heavy atom. The second kappa shape index (κ2) is 5.50. The number of pyridine rings is 1. The maximum Gasteiger partial charge on any atom is 0.416 e. The van der Waals surface area contributed by atoms with Crippen molar-refractivity contribution in [3.8, 4) is 22.6 Å². The van der Waals surface area contributed by atoms with E-state index in [1.165, 1.54) is 23.5 Å². The number of nitrogens with one attached hydrogen (secondary N) is 1. The third kappa shape index (κ3) is 2.50. The lowest BCUT2D eigenvalue weighted by atomic mass is 9.95. The van der Waals surface area contributed by atoms with Gasteiger partial charge in [-0.2, -0.15) is 13.2 Å². The van der Waals surface area contributed by atoms with Crippen LogP contribution >= 0.6 is 11.3 Å². The highest BCUT2D eigenvalue weighted by atomic mass is 32.1. The van der Waals surface area contributed by atoms with Crippen LogP contribution in [0.25, 0.3) is 32.1 Å². The lowest BCUT2D eigenvalue weighted by Crippen LogP contribution is -2.06. The Balaban J connectivity index is 2.16. The maximum atomic E-state index is 13.1. The lowest BCUT2D eigenvalue weighted by molar-refractivity contribution is -0.137. The first kappa shape index (κ1) is 16.5. The fourth-order valence-electron chi connectivity index (χ4n) is 3.05. The van der Waals surface area contributed by atoms with Gasteiger partial charge in [0.2, 0.25) is 0 Å². The minimum atomic E-state index is -4.65.